The van der Waals surface area contributed by atoms with E-state index < -0.39 is 37.1 Å². The molecule has 0 radical (unpaired) electrons. The summed E-state index contributed by atoms with van der Waals surface area (Å²) in [7, 11) is -3.78. The molecule has 4 rings (SSSR count). The first-order valence-electron chi connectivity index (χ1n) is 11.3. The van der Waals surface area contributed by atoms with Crippen LogP contribution in [0.2, 0.25) is 0 Å². The molecule has 35 heavy (non-hydrogen) atoms. The third-order valence-electron chi connectivity index (χ3n) is 5.61. The van der Waals surface area contributed by atoms with E-state index in [-0.39, 0.29) is 36.9 Å². The van der Waals surface area contributed by atoms with Gasteiger partial charge in [0.2, 0.25) is 11.8 Å². The normalized spacial score (nSPS) is 31.5. The van der Waals surface area contributed by atoms with Gasteiger partial charge in [-0.05, 0) is 20.8 Å². The summed E-state index contributed by atoms with van der Waals surface area (Å²) in [4.78, 5) is 23.3. The number of nitrogen functional groups attached to an aromatic ring is 1. The Morgan fingerprint density at radius 3 is 2.86 bits per heavy atom. The molecule has 6 atom stereocenters. The molecule has 0 unspecified atom stereocenters. The fourth-order valence-corrected chi connectivity index (χ4v) is 6.14. The van der Waals surface area contributed by atoms with Gasteiger partial charge in [-0.15, -0.1) is 11.6 Å². The summed E-state index contributed by atoms with van der Waals surface area (Å²) in [5.41, 5.74) is 6.65. The molecule has 0 saturated carbocycles. The number of halogens is 1. The van der Waals surface area contributed by atoms with Crippen molar-refractivity contribution in [3.63, 3.8) is 0 Å². The number of nitrogens with two attached hydrogens (primary N) is 1. The first kappa shape index (κ1) is 26.1. The number of rotatable bonds is 8. The molecule has 13 nitrogen and oxygen atoms in total. The molecular formula is C20H30ClN6O7P. The SMILES string of the molecule is CCOc1nc(N)nc2c1ncn2[C@@H]1O[C@@H]2CO[P@@](=O)(N[C@H](C)COC(=O)C(C)C)O[C@H]2[C@@]1(C)Cl. The zero-order valence-corrected chi connectivity index (χ0v) is 21.8. The maximum Gasteiger partial charge on any atom is 0.406 e. The van der Waals surface area contributed by atoms with E-state index in [0.717, 1.165) is 0 Å². The summed E-state index contributed by atoms with van der Waals surface area (Å²) in [6.45, 7) is 9.05. The van der Waals surface area contributed by atoms with Crippen molar-refractivity contribution < 1.29 is 32.6 Å². The van der Waals surface area contributed by atoms with Gasteiger partial charge in [-0.1, -0.05) is 13.8 Å². The highest BCUT2D eigenvalue weighted by atomic mass is 35.5. The van der Waals surface area contributed by atoms with Gasteiger partial charge in [-0.25, -0.2) is 14.6 Å². The molecule has 2 aliphatic rings. The summed E-state index contributed by atoms with van der Waals surface area (Å²) < 4.78 is 43.2. The van der Waals surface area contributed by atoms with Gasteiger partial charge in [0, 0.05) is 6.04 Å². The second kappa shape index (κ2) is 9.79. The Hall–Kier alpha value is -2.02. The third-order valence-corrected chi connectivity index (χ3v) is 7.76. The van der Waals surface area contributed by atoms with E-state index >= 15 is 0 Å². The number of hydrogen-bond acceptors (Lipinski definition) is 11. The smallest absolute Gasteiger partial charge is 0.406 e. The first-order chi connectivity index (χ1) is 16.4. The highest BCUT2D eigenvalue weighted by Crippen LogP contribution is 2.57. The van der Waals surface area contributed by atoms with Crippen LogP contribution in [0, 0.1) is 5.92 Å². The number of nitrogens with one attached hydrogen (secondary N) is 1. The quantitative estimate of drug-likeness (QED) is 0.290. The van der Waals surface area contributed by atoms with Gasteiger partial charge in [0.15, 0.2) is 17.4 Å². The van der Waals surface area contributed by atoms with Gasteiger partial charge < -0.3 is 19.9 Å². The summed E-state index contributed by atoms with van der Waals surface area (Å²) >= 11 is 6.96. The van der Waals surface area contributed by atoms with Gasteiger partial charge in [0.1, 0.15) is 23.7 Å². The third kappa shape index (κ3) is 5.11. The van der Waals surface area contributed by atoms with Crippen molar-refractivity contribution in [3.8, 4) is 5.88 Å². The van der Waals surface area contributed by atoms with Gasteiger partial charge in [0.05, 0.1) is 25.5 Å². The predicted octanol–water partition coefficient (Wildman–Crippen LogP) is 2.40. The Labute approximate surface area is 207 Å². The Kier molecular flexibility index (Phi) is 7.29. The lowest BCUT2D eigenvalue weighted by Crippen LogP contribution is -2.46. The van der Waals surface area contributed by atoms with Gasteiger partial charge in [-0.2, -0.15) is 9.97 Å². The standard InChI is InChI=1S/C20H30ClN6O7P/c1-6-30-16-13-15(24-19(22)25-16)27(9-23-13)18-20(5,21)14-12(33-18)8-32-35(29,34-14)26-11(4)7-31-17(28)10(2)3/h9-12,14,18H,6-8H2,1-5H3,(H,26,29)(H2,22,24,25)/t11-,12-,14-,18-,20-,35+/m1/s1. The van der Waals surface area contributed by atoms with E-state index in [1.165, 1.54) is 6.33 Å². The number of aromatic nitrogens is 4. The molecule has 0 aliphatic carbocycles. The molecule has 3 N–H and O–H groups in total. The topological polar surface area (TPSA) is 162 Å². The van der Waals surface area contributed by atoms with Gasteiger partial charge in [-0.3, -0.25) is 18.4 Å². The maximum atomic E-state index is 13.3. The predicted molar refractivity (Wildman–Crippen MR) is 126 cm³/mol. The van der Waals surface area contributed by atoms with Crippen LogP contribution in [0.25, 0.3) is 11.2 Å². The molecule has 0 bridgehead atoms. The van der Waals surface area contributed by atoms with Crippen LogP contribution >= 0.6 is 19.3 Å². The van der Waals surface area contributed by atoms with Crippen LogP contribution in [-0.4, -0.2) is 68.4 Å². The number of imidazole rings is 1. The Morgan fingerprint density at radius 2 is 2.17 bits per heavy atom. The number of anilines is 1. The van der Waals surface area contributed by atoms with Crippen LogP contribution in [0.1, 0.15) is 40.8 Å². The second-order valence-electron chi connectivity index (χ2n) is 8.96. The zero-order chi connectivity index (χ0) is 25.5. The number of ether oxygens (including phenoxy) is 3. The lowest BCUT2D eigenvalue weighted by Gasteiger charge is -2.36. The van der Waals surface area contributed by atoms with Crippen molar-refractivity contribution in [1.82, 2.24) is 24.6 Å². The van der Waals surface area contributed by atoms with Crippen LogP contribution in [0.3, 0.4) is 0 Å². The molecule has 2 aromatic rings. The minimum absolute atomic E-state index is 0.00338. The molecular weight excluding hydrogens is 503 g/mol. The largest absolute Gasteiger partial charge is 0.476 e. The van der Waals surface area contributed by atoms with E-state index in [1.54, 1.807) is 32.3 Å². The van der Waals surface area contributed by atoms with E-state index in [0.29, 0.717) is 17.8 Å². The molecule has 4 heterocycles. The Bertz CT molecular complexity index is 1140. The number of carbonyl (C=O) groups excluding carboxylic acids is 1. The number of esters is 1. The Balaban J connectivity index is 1.53. The Morgan fingerprint density at radius 1 is 1.43 bits per heavy atom. The number of fused-ring (bicyclic) bond motifs is 2. The van der Waals surface area contributed by atoms with Crippen LogP contribution < -0.4 is 15.6 Å². The molecule has 2 saturated heterocycles. The van der Waals surface area contributed by atoms with E-state index in [1.807, 2.05) is 6.92 Å². The highest BCUT2D eigenvalue weighted by Gasteiger charge is 2.60. The summed E-state index contributed by atoms with van der Waals surface area (Å²) in [6.07, 6.45) is -0.695. The first-order valence-corrected chi connectivity index (χ1v) is 13.2. The minimum Gasteiger partial charge on any atom is -0.476 e. The second-order valence-corrected chi connectivity index (χ2v) is 11.5. The molecule has 2 aromatic heterocycles. The maximum absolute atomic E-state index is 13.3. The average molecular weight is 533 g/mol. The molecule has 194 valence electrons. The minimum atomic E-state index is -3.78. The number of carbonyl (C=O) groups is 1. The van der Waals surface area contributed by atoms with Crippen LogP contribution in [0.4, 0.5) is 5.95 Å². The molecule has 0 amide bonds. The van der Waals surface area contributed by atoms with Crippen molar-refractivity contribution in [2.75, 3.05) is 25.6 Å². The molecule has 0 spiro atoms. The van der Waals surface area contributed by atoms with E-state index in [9.17, 15) is 9.36 Å². The fraction of sp³-hybridized carbons (Fsp3) is 0.700. The number of hydrogen-bond donors (Lipinski definition) is 2. The molecule has 2 aliphatic heterocycles. The van der Waals surface area contributed by atoms with E-state index in [2.05, 4.69) is 20.0 Å². The zero-order valence-electron chi connectivity index (χ0n) is 20.1. The van der Waals surface area contributed by atoms with Crippen molar-refractivity contribution >= 4 is 42.4 Å². The lowest BCUT2D eigenvalue weighted by molar-refractivity contribution is -0.147. The highest BCUT2D eigenvalue weighted by molar-refractivity contribution is 7.51. The van der Waals surface area contributed by atoms with Crippen LogP contribution in [-0.2, 0) is 27.9 Å². The van der Waals surface area contributed by atoms with Crippen LogP contribution in [0.5, 0.6) is 5.88 Å². The lowest BCUT2D eigenvalue weighted by atomic mass is 10.0. The summed E-state index contributed by atoms with van der Waals surface area (Å²) in [5.74, 6) is -0.363. The van der Waals surface area contributed by atoms with Gasteiger partial charge >= 0.3 is 13.7 Å². The van der Waals surface area contributed by atoms with Crippen molar-refractivity contribution in [1.29, 1.82) is 0 Å². The van der Waals surface area contributed by atoms with Crippen molar-refractivity contribution in [2.45, 2.75) is 64.0 Å². The molecule has 2 fully saturated rings. The monoisotopic (exact) mass is 532 g/mol. The average Bonchev–Trinajstić information content (AvgIpc) is 3.30. The summed E-state index contributed by atoms with van der Waals surface area (Å²) in [6, 6.07) is -0.492. The van der Waals surface area contributed by atoms with Crippen molar-refractivity contribution in [3.05, 3.63) is 6.33 Å². The molecule has 15 heteroatoms. The summed E-state index contributed by atoms with van der Waals surface area (Å²) in [5, 5.41) is 2.79. The number of nitrogens with zero attached hydrogens (tertiary/aromatic N) is 4. The van der Waals surface area contributed by atoms with Crippen molar-refractivity contribution in [2.24, 2.45) is 5.92 Å². The van der Waals surface area contributed by atoms with E-state index in [4.69, 9.17) is 40.6 Å². The van der Waals surface area contributed by atoms with Gasteiger partial charge in [0.25, 0.3) is 0 Å². The van der Waals surface area contributed by atoms with Crippen LogP contribution in [0.15, 0.2) is 6.33 Å². The fourth-order valence-electron chi connectivity index (χ4n) is 3.92. The molecule has 0 aromatic carbocycles. The number of alkyl halides is 1.